The summed E-state index contributed by atoms with van der Waals surface area (Å²) < 4.78 is 12.9. The number of halogens is 1. The van der Waals surface area contributed by atoms with Crippen molar-refractivity contribution in [2.45, 2.75) is 69.5 Å². The second-order valence-corrected chi connectivity index (χ2v) is 14.3. The molecule has 4 aliphatic heterocycles. The van der Waals surface area contributed by atoms with Crippen LogP contribution in [-0.2, 0) is 35.2 Å². The van der Waals surface area contributed by atoms with E-state index in [1.54, 1.807) is 11.0 Å². The standard InChI is InChI=1S/C37H42BrN3O7/c1-23(2)18-26(21-42)41-33-36(46)40(20-24-12-6-3-7-13-24)17-11-5-10-16-29(43)47-22-28(25-14-8-4-9-15-25)39-34(44)30-31(35(41)45)37(33)19-27(38)32(30)48-37/h3-9,11-15,19,23,26,28,30-33,42H,10,16-18,20-22H2,1-2H3,(H,39,44)/b11-5-/t26-,28+,30+,31-,32+,33+,37-/m1/s1. The molecule has 4 heterocycles. The molecule has 7 atom stereocenters. The van der Waals surface area contributed by atoms with Crippen LogP contribution in [0.4, 0.5) is 0 Å². The number of aliphatic hydroxyl groups is 1. The summed E-state index contributed by atoms with van der Waals surface area (Å²) in [6.07, 6.45) is 5.68. The quantitative estimate of drug-likeness (QED) is 0.327. The summed E-state index contributed by atoms with van der Waals surface area (Å²) in [4.78, 5) is 60.0. The lowest BCUT2D eigenvalue weighted by molar-refractivity contribution is -0.151. The van der Waals surface area contributed by atoms with Crippen LogP contribution in [0.1, 0.15) is 50.3 Å². The van der Waals surface area contributed by atoms with Crippen molar-refractivity contribution in [3.63, 3.8) is 0 Å². The number of benzene rings is 2. The summed E-state index contributed by atoms with van der Waals surface area (Å²) in [6, 6.07) is 16.3. The molecule has 48 heavy (non-hydrogen) atoms. The minimum Gasteiger partial charge on any atom is -0.463 e. The van der Waals surface area contributed by atoms with Gasteiger partial charge in [0.05, 0.1) is 30.5 Å². The molecule has 2 aromatic carbocycles. The zero-order chi connectivity index (χ0) is 34.0. The van der Waals surface area contributed by atoms with E-state index in [4.69, 9.17) is 9.47 Å². The van der Waals surface area contributed by atoms with Crippen molar-refractivity contribution in [3.8, 4) is 0 Å². The lowest BCUT2D eigenvalue weighted by atomic mass is 9.74. The van der Waals surface area contributed by atoms with Crippen molar-refractivity contribution in [3.05, 3.63) is 94.5 Å². The highest BCUT2D eigenvalue weighted by molar-refractivity contribution is 9.11. The Labute approximate surface area is 289 Å². The van der Waals surface area contributed by atoms with Crippen molar-refractivity contribution >= 4 is 39.6 Å². The number of nitrogens with zero attached hydrogens (tertiary/aromatic N) is 2. The summed E-state index contributed by atoms with van der Waals surface area (Å²) in [5.74, 6) is -3.46. The Kier molecular flexibility index (Phi) is 10.2. The van der Waals surface area contributed by atoms with Crippen LogP contribution in [0.5, 0.6) is 0 Å². The van der Waals surface area contributed by atoms with E-state index in [9.17, 15) is 24.3 Å². The van der Waals surface area contributed by atoms with Crippen LogP contribution in [0.25, 0.3) is 0 Å². The smallest absolute Gasteiger partial charge is 0.306 e. The first-order valence-electron chi connectivity index (χ1n) is 16.6. The van der Waals surface area contributed by atoms with E-state index < -0.39 is 59.5 Å². The molecule has 254 valence electrons. The number of fused-ring (bicyclic) bond motifs is 2. The average Bonchev–Trinajstić information content (AvgIpc) is 3.68. The SMILES string of the molecule is CC(C)C[C@H](CO)N1C(=O)[C@H]2[C@@H]3C(=O)N[C@H](c4ccccc4)COC(=O)CC/C=C\CN(Cc4ccccc4)C(=O)[C@H]1[C@@]21C=C(Br)[C@@H]3O1. The van der Waals surface area contributed by atoms with Gasteiger partial charge in [0, 0.05) is 24.0 Å². The van der Waals surface area contributed by atoms with E-state index in [1.807, 2.05) is 86.7 Å². The molecule has 3 amide bonds. The van der Waals surface area contributed by atoms with E-state index in [0.29, 0.717) is 17.3 Å². The van der Waals surface area contributed by atoms with Gasteiger partial charge in [0.2, 0.25) is 17.7 Å². The van der Waals surface area contributed by atoms with Crippen molar-refractivity contribution < 1.29 is 33.8 Å². The highest BCUT2D eigenvalue weighted by Crippen LogP contribution is 2.59. The molecule has 0 radical (unpaired) electrons. The Morgan fingerprint density at radius 2 is 1.71 bits per heavy atom. The van der Waals surface area contributed by atoms with Gasteiger partial charge in [-0.3, -0.25) is 19.2 Å². The summed E-state index contributed by atoms with van der Waals surface area (Å²) >= 11 is 3.62. The number of esters is 1. The summed E-state index contributed by atoms with van der Waals surface area (Å²) in [7, 11) is 0. The van der Waals surface area contributed by atoms with Crippen LogP contribution in [0.3, 0.4) is 0 Å². The number of carbonyl (C=O) groups is 4. The van der Waals surface area contributed by atoms with Gasteiger partial charge in [-0.25, -0.2) is 0 Å². The number of carbonyl (C=O) groups excluding carboxylic acids is 4. The molecule has 10 nitrogen and oxygen atoms in total. The number of amides is 3. The largest absolute Gasteiger partial charge is 0.463 e. The molecule has 1 spiro atoms. The average molecular weight is 721 g/mol. The predicted molar refractivity (Wildman–Crippen MR) is 181 cm³/mol. The first-order valence-corrected chi connectivity index (χ1v) is 17.4. The second-order valence-electron chi connectivity index (χ2n) is 13.4. The molecule has 2 aromatic rings. The normalized spacial score (nSPS) is 30.6. The van der Waals surface area contributed by atoms with Gasteiger partial charge in [-0.2, -0.15) is 0 Å². The lowest BCUT2D eigenvalue weighted by Gasteiger charge is -2.39. The van der Waals surface area contributed by atoms with Crippen molar-refractivity contribution in [1.29, 1.82) is 0 Å². The molecule has 2 saturated heterocycles. The Morgan fingerprint density at radius 1 is 1.00 bits per heavy atom. The fraction of sp³-hybridized carbons (Fsp3) is 0.459. The first-order chi connectivity index (χ1) is 23.1. The number of nitrogens with one attached hydrogen (secondary N) is 1. The monoisotopic (exact) mass is 719 g/mol. The molecule has 0 unspecified atom stereocenters. The van der Waals surface area contributed by atoms with E-state index >= 15 is 0 Å². The van der Waals surface area contributed by atoms with Gasteiger partial charge < -0.3 is 29.7 Å². The molecule has 2 N–H and O–H groups in total. The Morgan fingerprint density at radius 3 is 2.40 bits per heavy atom. The van der Waals surface area contributed by atoms with E-state index in [2.05, 4.69) is 21.2 Å². The van der Waals surface area contributed by atoms with Crippen LogP contribution in [-0.4, -0.2) is 82.1 Å². The van der Waals surface area contributed by atoms with Crippen LogP contribution in [0.2, 0.25) is 0 Å². The maximum atomic E-state index is 15.0. The molecule has 0 aliphatic carbocycles. The van der Waals surface area contributed by atoms with Crippen molar-refractivity contribution in [2.75, 3.05) is 19.8 Å². The molecule has 4 aliphatic rings. The number of ether oxygens (including phenoxy) is 2. The zero-order valence-corrected chi connectivity index (χ0v) is 28.8. The molecule has 5 bridgehead atoms. The third-order valence-corrected chi connectivity index (χ3v) is 10.4. The maximum absolute atomic E-state index is 15.0. The van der Waals surface area contributed by atoms with Crippen molar-refractivity contribution in [2.24, 2.45) is 17.8 Å². The molecule has 0 saturated carbocycles. The number of likely N-dealkylation sites (tertiary alicyclic amines) is 1. The van der Waals surface area contributed by atoms with Gasteiger partial charge in [-0.15, -0.1) is 0 Å². The van der Waals surface area contributed by atoms with Gasteiger partial charge >= 0.3 is 5.97 Å². The molecule has 11 heteroatoms. The number of cyclic esters (lactones) is 1. The fourth-order valence-electron chi connectivity index (χ4n) is 7.60. The van der Waals surface area contributed by atoms with E-state index in [-0.39, 0.29) is 44.5 Å². The molecule has 2 fully saturated rings. The Balaban J connectivity index is 1.46. The minimum atomic E-state index is -1.44. The van der Waals surface area contributed by atoms with Gasteiger partial charge in [0.25, 0.3) is 0 Å². The van der Waals surface area contributed by atoms with Gasteiger partial charge in [0.1, 0.15) is 24.4 Å². The molecular weight excluding hydrogens is 678 g/mol. The number of allylic oxidation sites excluding steroid dienone is 1. The number of rotatable bonds is 7. The number of hydrogen-bond acceptors (Lipinski definition) is 7. The van der Waals surface area contributed by atoms with Crippen LogP contribution in [0.15, 0.2) is 83.4 Å². The summed E-state index contributed by atoms with van der Waals surface area (Å²) in [5, 5.41) is 13.7. The molecule has 6 rings (SSSR count). The minimum absolute atomic E-state index is 0.0869. The number of aliphatic hydroxyl groups excluding tert-OH is 1. The van der Waals surface area contributed by atoms with Crippen LogP contribution < -0.4 is 5.32 Å². The first kappa shape index (κ1) is 34.1. The lowest BCUT2D eigenvalue weighted by Crippen LogP contribution is -2.58. The zero-order valence-electron chi connectivity index (χ0n) is 27.2. The Hall–Kier alpha value is -3.80. The van der Waals surface area contributed by atoms with Gasteiger partial charge in [0.15, 0.2) is 0 Å². The van der Waals surface area contributed by atoms with Gasteiger partial charge in [-0.05, 0) is 36.0 Å². The maximum Gasteiger partial charge on any atom is 0.306 e. The van der Waals surface area contributed by atoms with E-state index in [0.717, 1.165) is 11.1 Å². The fourth-order valence-corrected chi connectivity index (χ4v) is 8.34. The second kappa shape index (κ2) is 14.4. The molecule has 0 aromatic heterocycles. The van der Waals surface area contributed by atoms with Gasteiger partial charge in [-0.1, -0.05) is 103 Å². The summed E-state index contributed by atoms with van der Waals surface area (Å²) in [5.41, 5.74) is 0.203. The molecular formula is C37H42BrN3O7. The van der Waals surface area contributed by atoms with Crippen molar-refractivity contribution in [1.82, 2.24) is 15.1 Å². The number of hydrogen-bond donors (Lipinski definition) is 2. The van der Waals surface area contributed by atoms with Crippen LogP contribution >= 0.6 is 15.9 Å². The third kappa shape index (κ3) is 6.47. The predicted octanol–water partition coefficient (Wildman–Crippen LogP) is 4.05. The van der Waals surface area contributed by atoms with Crippen LogP contribution in [0, 0.1) is 17.8 Å². The topological polar surface area (TPSA) is 125 Å². The Bertz CT molecular complexity index is 1580. The highest BCUT2D eigenvalue weighted by atomic mass is 79.9. The third-order valence-electron chi connectivity index (χ3n) is 9.71. The highest BCUT2D eigenvalue weighted by Gasteiger charge is 2.75. The van der Waals surface area contributed by atoms with E-state index in [1.165, 1.54) is 4.90 Å². The summed E-state index contributed by atoms with van der Waals surface area (Å²) in [6.45, 7) is 4.04.